The first kappa shape index (κ1) is 28.1. The van der Waals surface area contributed by atoms with Crippen molar-refractivity contribution < 1.29 is 18.0 Å². The van der Waals surface area contributed by atoms with Gasteiger partial charge in [-0.25, -0.2) is 4.98 Å². The molecule has 1 aliphatic carbocycles. The molecule has 8 nitrogen and oxygen atoms in total. The Morgan fingerprint density at radius 3 is 2.49 bits per heavy atom. The number of carbonyl (C=O) groups is 1. The zero-order chi connectivity index (χ0) is 28.2. The number of aromatic nitrogens is 2. The van der Waals surface area contributed by atoms with Gasteiger partial charge in [-0.05, 0) is 70.1 Å². The van der Waals surface area contributed by atoms with Crippen LogP contribution in [0.4, 0.5) is 30.6 Å². The van der Waals surface area contributed by atoms with Gasteiger partial charge in [0.25, 0.3) is 5.91 Å². The third-order valence-electron chi connectivity index (χ3n) is 7.38. The number of hydrogen-bond donors (Lipinski definition) is 2. The molecule has 206 valence electrons. The molecule has 1 aliphatic heterocycles. The molecule has 0 radical (unpaired) electrons. The molecule has 1 saturated heterocycles. The van der Waals surface area contributed by atoms with Crippen molar-refractivity contribution in [2.75, 3.05) is 37.8 Å². The van der Waals surface area contributed by atoms with E-state index < -0.39 is 17.8 Å². The van der Waals surface area contributed by atoms with Crippen molar-refractivity contribution in [1.29, 1.82) is 5.26 Å². The third kappa shape index (κ3) is 6.75. The maximum atomic E-state index is 13.8. The number of rotatable bonds is 7. The van der Waals surface area contributed by atoms with Gasteiger partial charge in [-0.3, -0.25) is 4.79 Å². The summed E-state index contributed by atoms with van der Waals surface area (Å²) in [5.41, 5.74) is 0.345. The van der Waals surface area contributed by atoms with Crippen LogP contribution < -0.4 is 10.6 Å². The van der Waals surface area contributed by atoms with E-state index in [0.29, 0.717) is 29.7 Å². The van der Waals surface area contributed by atoms with Crippen LogP contribution in [0.2, 0.25) is 0 Å². The lowest BCUT2D eigenvalue weighted by molar-refractivity contribution is -0.137. The number of likely N-dealkylation sites (tertiary alicyclic amines) is 1. The molecular weight excluding hydrogens is 507 g/mol. The second-order valence-electron chi connectivity index (χ2n) is 10.0. The largest absolute Gasteiger partial charge is 0.421 e. The van der Waals surface area contributed by atoms with Crippen LogP contribution >= 0.6 is 0 Å². The SMILES string of the molecule is C=C(C#N)C1CC=CCC1Nc1nc(Nc2ccc(C(=O)N(C)C3CCN(C)CC3)cc2)ncc1C(F)(F)F. The third-order valence-corrected chi connectivity index (χ3v) is 7.38. The molecule has 2 N–H and O–H groups in total. The first-order valence-electron chi connectivity index (χ1n) is 12.8. The molecule has 2 aliphatic rings. The Balaban J connectivity index is 1.50. The average molecular weight is 540 g/mol. The Morgan fingerprint density at radius 1 is 1.18 bits per heavy atom. The van der Waals surface area contributed by atoms with Crippen LogP contribution in [0.1, 0.15) is 41.6 Å². The number of nitriles is 1. The maximum absolute atomic E-state index is 13.8. The monoisotopic (exact) mass is 539 g/mol. The van der Waals surface area contributed by atoms with E-state index in [1.807, 2.05) is 25.3 Å². The minimum absolute atomic E-state index is 0.0324. The molecule has 39 heavy (non-hydrogen) atoms. The fourth-order valence-corrected chi connectivity index (χ4v) is 4.95. The van der Waals surface area contributed by atoms with Crippen LogP contribution in [-0.4, -0.2) is 64.9 Å². The molecular formula is C28H32F3N7O. The second-order valence-corrected chi connectivity index (χ2v) is 10.0. The Bertz CT molecular complexity index is 1260. The van der Waals surface area contributed by atoms with E-state index in [9.17, 15) is 23.2 Å². The van der Waals surface area contributed by atoms with E-state index >= 15 is 0 Å². The normalized spacial score (nSPS) is 20.2. The average Bonchev–Trinajstić information content (AvgIpc) is 2.92. The number of amides is 1. The van der Waals surface area contributed by atoms with Gasteiger partial charge in [-0.15, -0.1) is 0 Å². The maximum Gasteiger partial charge on any atom is 0.421 e. The molecule has 4 rings (SSSR count). The van der Waals surface area contributed by atoms with Crippen LogP contribution in [0.5, 0.6) is 0 Å². The summed E-state index contributed by atoms with van der Waals surface area (Å²) in [4.78, 5) is 25.0. The van der Waals surface area contributed by atoms with Gasteiger partial charge in [-0.2, -0.15) is 23.4 Å². The predicted molar refractivity (Wildman–Crippen MR) is 143 cm³/mol. The van der Waals surface area contributed by atoms with E-state index in [1.165, 1.54) is 0 Å². The van der Waals surface area contributed by atoms with Gasteiger partial charge in [0.05, 0.1) is 6.07 Å². The highest BCUT2D eigenvalue weighted by atomic mass is 19.4. The van der Waals surface area contributed by atoms with E-state index in [4.69, 9.17) is 0 Å². The zero-order valence-corrected chi connectivity index (χ0v) is 22.0. The van der Waals surface area contributed by atoms with Crippen molar-refractivity contribution in [3.63, 3.8) is 0 Å². The number of nitrogens with zero attached hydrogens (tertiary/aromatic N) is 5. The smallest absolute Gasteiger partial charge is 0.366 e. The molecule has 2 aromatic rings. The number of halogens is 3. The fraction of sp³-hybridized carbons (Fsp3) is 0.429. The van der Waals surface area contributed by atoms with Crippen LogP contribution in [0, 0.1) is 17.2 Å². The van der Waals surface area contributed by atoms with Gasteiger partial charge in [0.2, 0.25) is 5.95 Å². The molecule has 1 amide bonds. The molecule has 2 unspecified atom stereocenters. The first-order valence-corrected chi connectivity index (χ1v) is 12.8. The number of benzene rings is 1. The van der Waals surface area contributed by atoms with Crippen LogP contribution in [0.3, 0.4) is 0 Å². The van der Waals surface area contributed by atoms with Gasteiger partial charge in [0.15, 0.2) is 0 Å². The van der Waals surface area contributed by atoms with Crippen molar-refractivity contribution in [1.82, 2.24) is 19.8 Å². The van der Waals surface area contributed by atoms with Gasteiger partial charge < -0.3 is 20.4 Å². The van der Waals surface area contributed by atoms with E-state index in [-0.39, 0.29) is 29.6 Å². The summed E-state index contributed by atoms with van der Waals surface area (Å²) in [6.07, 6.45) is 2.58. The van der Waals surface area contributed by atoms with Crippen LogP contribution in [-0.2, 0) is 6.18 Å². The minimum Gasteiger partial charge on any atom is -0.366 e. The number of alkyl halides is 3. The van der Waals surface area contributed by atoms with Crippen molar-refractivity contribution in [3.05, 3.63) is 65.9 Å². The lowest BCUT2D eigenvalue weighted by Gasteiger charge is -2.35. The Hall–Kier alpha value is -3.91. The minimum atomic E-state index is -4.67. The van der Waals surface area contributed by atoms with E-state index in [1.54, 1.807) is 29.2 Å². The molecule has 1 aromatic heterocycles. The topological polar surface area (TPSA) is 97.2 Å². The van der Waals surface area contributed by atoms with E-state index in [2.05, 4.69) is 39.1 Å². The van der Waals surface area contributed by atoms with Crippen molar-refractivity contribution in [3.8, 4) is 6.07 Å². The number of piperidine rings is 1. The fourth-order valence-electron chi connectivity index (χ4n) is 4.95. The molecule has 1 aromatic carbocycles. The van der Waals surface area contributed by atoms with Gasteiger partial charge >= 0.3 is 6.18 Å². The number of carbonyl (C=O) groups excluding carboxylic acids is 1. The number of hydrogen-bond acceptors (Lipinski definition) is 7. The number of allylic oxidation sites excluding steroid dienone is 1. The standard InChI is InChI=1S/C28H32F3N7O/c1-18(16-32)22-6-4-5-7-24(22)35-25-23(28(29,30)31)17-33-27(36-25)34-20-10-8-19(9-11-20)26(39)38(3)21-12-14-37(2)15-13-21/h4-5,8-11,17,21-22,24H,1,6-7,12-15H2,2-3H3,(H2,33,34,35,36). The van der Waals surface area contributed by atoms with Crippen LogP contribution in [0.25, 0.3) is 0 Å². The number of nitrogens with one attached hydrogen (secondary N) is 2. The summed E-state index contributed by atoms with van der Waals surface area (Å²) in [5, 5.41) is 15.1. The molecule has 0 bridgehead atoms. The summed E-state index contributed by atoms with van der Waals surface area (Å²) in [7, 11) is 3.88. The molecule has 2 heterocycles. The molecule has 0 spiro atoms. The zero-order valence-electron chi connectivity index (χ0n) is 22.0. The highest BCUT2D eigenvalue weighted by Gasteiger charge is 2.37. The quantitative estimate of drug-likeness (QED) is 0.367. The Morgan fingerprint density at radius 2 is 1.85 bits per heavy atom. The summed E-state index contributed by atoms with van der Waals surface area (Å²) in [6, 6.07) is 8.41. The Labute approximate surface area is 226 Å². The second kappa shape index (κ2) is 11.9. The highest BCUT2D eigenvalue weighted by Crippen LogP contribution is 2.36. The van der Waals surface area contributed by atoms with Gasteiger partial charge in [0, 0.05) is 48.1 Å². The first-order chi connectivity index (χ1) is 18.6. The molecule has 1 fully saturated rings. The van der Waals surface area contributed by atoms with Gasteiger partial charge in [0.1, 0.15) is 11.4 Å². The van der Waals surface area contributed by atoms with Gasteiger partial charge in [-0.1, -0.05) is 18.7 Å². The van der Waals surface area contributed by atoms with Crippen molar-refractivity contribution >= 4 is 23.4 Å². The summed E-state index contributed by atoms with van der Waals surface area (Å²) >= 11 is 0. The lowest BCUT2D eigenvalue weighted by atomic mass is 9.84. The number of anilines is 3. The molecule has 2 atom stereocenters. The highest BCUT2D eigenvalue weighted by molar-refractivity contribution is 5.94. The molecule has 11 heteroatoms. The lowest BCUT2D eigenvalue weighted by Crippen LogP contribution is -2.44. The Kier molecular flexibility index (Phi) is 8.55. The summed E-state index contributed by atoms with van der Waals surface area (Å²) in [6.45, 7) is 5.65. The van der Waals surface area contributed by atoms with Crippen molar-refractivity contribution in [2.24, 2.45) is 5.92 Å². The summed E-state index contributed by atoms with van der Waals surface area (Å²) < 4.78 is 41.3. The summed E-state index contributed by atoms with van der Waals surface area (Å²) in [5.74, 6) is -0.828. The van der Waals surface area contributed by atoms with E-state index in [0.717, 1.165) is 32.1 Å². The molecule has 0 saturated carbocycles. The van der Waals surface area contributed by atoms with Crippen LogP contribution in [0.15, 0.2) is 54.8 Å². The van der Waals surface area contributed by atoms with Crippen molar-refractivity contribution in [2.45, 2.75) is 43.9 Å². The predicted octanol–water partition coefficient (Wildman–Crippen LogP) is 5.23.